The monoisotopic (exact) mass is 805 g/mol. The van der Waals surface area contributed by atoms with Crippen molar-refractivity contribution in [3.8, 4) is 55.6 Å². The van der Waals surface area contributed by atoms with Gasteiger partial charge in [0.15, 0.2) is 0 Å². The summed E-state index contributed by atoms with van der Waals surface area (Å²) >= 11 is 0. The van der Waals surface area contributed by atoms with Gasteiger partial charge in [-0.3, -0.25) is 0 Å². The van der Waals surface area contributed by atoms with E-state index >= 15 is 0 Å². The van der Waals surface area contributed by atoms with Crippen molar-refractivity contribution in [3.63, 3.8) is 0 Å². The summed E-state index contributed by atoms with van der Waals surface area (Å²) in [5.41, 5.74) is 19.7. The van der Waals surface area contributed by atoms with E-state index in [2.05, 4.69) is 237 Å². The summed E-state index contributed by atoms with van der Waals surface area (Å²) in [4.78, 5) is 2.49. The maximum Gasteiger partial charge on any atom is 0.135 e. The fourth-order valence-corrected chi connectivity index (χ4v) is 10.2. The van der Waals surface area contributed by atoms with Gasteiger partial charge in [0, 0.05) is 33.0 Å². The summed E-state index contributed by atoms with van der Waals surface area (Å²) in [6.07, 6.45) is 0. The number of fused-ring (bicyclic) bond motifs is 7. The number of nitrogens with zero attached hydrogens (tertiary/aromatic N) is 1. The Bertz CT molecular complexity index is 3550. The summed E-state index contributed by atoms with van der Waals surface area (Å²) in [6.45, 7) is 4.71. The molecule has 10 aromatic carbocycles. The highest BCUT2D eigenvalue weighted by Gasteiger charge is 2.35. The average Bonchev–Trinajstić information content (AvgIpc) is 3.83. The van der Waals surface area contributed by atoms with Crippen LogP contribution in [0.15, 0.2) is 229 Å². The van der Waals surface area contributed by atoms with Crippen LogP contribution in [0.5, 0.6) is 0 Å². The average molecular weight is 806 g/mol. The molecule has 1 aliphatic carbocycles. The van der Waals surface area contributed by atoms with E-state index in [1.807, 2.05) is 6.07 Å². The van der Waals surface area contributed by atoms with Gasteiger partial charge >= 0.3 is 0 Å². The first-order valence-corrected chi connectivity index (χ1v) is 21.8. The van der Waals surface area contributed by atoms with Crippen LogP contribution in [0.1, 0.15) is 25.0 Å². The van der Waals surface area contributed by atoms with Gasteiger partial charge in [0.25, 0.3) is 0 Å². The molecule has 1 aliphatic rings. The Hall–Kier alpha value is -7.94. The van der Waals surface area contributed by atoms with Crippen LogP contribution in [-0.2, 0) is 5.41 Å². The second-order valence-corrected chi connectivity index (χ2v) is 17.2. The summed E-state index contributed by atoms with van der Waals surface area (Å²) in [5, 5.41) is 4.63. The van der Waals surface area contributed by atoms with Gasteiger partial charge in [-0.15, -0.1) is 0 Å². The molecule has 2 heteroatoms. The minimum Gasteiger partial charge on any atom is -0.456 e. The fraction of sp³-hybridized carbons (Fsp3) is 0.0492. The molecule has 298 valence electrons. The lowest BCUT2D eigenvalue weighted by atomic mass is 9.81. The number of hydrogen-bond acceptors (Lipinski definition) is 2. The summed E-state index contributed by atoms with van der Waals surface area (Å²) < 4.78 is 6.34. The third-order valence-electron chi connectivity index (χ3n) is 13.3. The zero-order valence-electron chi connectivity index (χ0n) is 35.2. The normalized spacial score (nSPS) is 12.7. The van der Waals surface area contributed by atoms with Gasteiger partial charge in [-0.2, -0.15) is 0 Å². The summed E-state index contributed by atoms with van der Waals surface area (Å²) in [7, 11) is 0. The molecule has 1 heterocycles. The van der Waals surface area contributed by atoms with Crippen LogP contribution in [0, 0.1) is 0 Å². The maximum absolute atomic E-state index is 6.34. The molecule has 0 amide bonds. The Morgan fingerprint density at radius 1 is 0.349 bits per heavy atom. The van der Waals surface area contributed by atoms with E-state index in [1.54, 1.807) is 0 Å². The van der Waals surface area contributed by atoms with Crippen molar-refractivity contribution >= 4 is 49.8 Å². The third-order valence-corrected chi connectivity index (χ3v) is 13.3. The topological polar surface area (TPSA) is 16.4 Å². The molecule has 2 nitrogen and oxygen atoms in total. The van der Waals surface area contributed by atoms with Crippen molar-refractivity contribution in [2.75, 3.05) is 4.90 Å². The van der Waals surface area contributed by atoms with Crippen LogP contribution < -0.4 is 4.90 Å². The van der Waals surface area contributed by atoms with Crippen molar-refractivity contribution in [1.82, 2.24) is 0 Å². The van der Waals surface area contributed by atoms with E-state index in [4.69, 9.17) is 4.42 Å². The fourth-order valence-electron chi connectivity index (χ4n) is 10.2. The molecule has 0 fully saturated rings. The van der Waals surface area contributed by atoms with Crippen molar-refractivity contribution in [1.29, 1.82) is 0 Å². The Kier molecular flexibility index (Phi) is 8.55. The van der Waals surface area contributed by atoms with Crippen molar-refractivity contribution in [2.45, 2.75) is 19.3 Å². The molecule has 0 saturated heterocycles. The molecule has 1 aromatic heterocycles. The molecule has 63 heavy (non-hydrogen) atoms. The molecule has 0 N–H and O–H groups in total. The number of anilines is 3. The number of rotatable bonds is 7. The third kappa shape index (κ3) is 6.02. The number of furan rings is 1. The molecule has 0 bridgehead atoms. The standard InChI is InChI=1S/C61H43NO/c1-61(2)54-29-11-8-25-49(54)50-35-33-43(39-55(50)61)42-21-14-22-45(37-42)62(56-30-12-9-24-47(56)41-17-4-3-5-18-41)57-31-16-27-48(60(57)52-28-15-20-40-19-6-7-23-46(40)52)44-34-36-59-53(38-44)51-26-10-13-32-58(51)63-59/h3-39H,1-2H3. The largest absolute Gasteiger partial charge is 0.456 e. The lowest BCUT2D eigenvalue weighted by Gasteiger charge is -2.31. The molecule has 0 spiro atoms. The van der Waals surface area contributed by atoms with Crippen LogP contribution in [0.4, 0.5) is 17.1 Å². The quantitative estimate of drug-likeness (QED) is 0.160. The van der Waals surface area contributed by atoms with Gasteiger partial charge in [0.05, 0.1) is 11.4 Å². The Balaban J connectivity index is 1.12. The number of benzene rings is 10. The predicted octanol–water partition coefficient (Wildman–Crippen LogP) is 17.2. The highest BCUT2D eigenvalue weighted by atomic mass is 16.3. The van der Waals surface area contributed by atoms with Gasteiger partial charge in [0.2, 0.25) is 0 Å². The molecule has 0 saturated carbocycles. The number of para-hydroxylation sites is 2. The van der Waals surface area contributed by atoms with Crippen LogP contribution in [0.2, 0.25) is 0 Å². The van der Waals surface area contributed by atoms with Crippen molar-refractivity contribution in [3.05, 3.63) is 236 Å². The van der Waals surface area contributed by atoms with Gasteiger partial charge < -0.3 is 9.32 Å². The molecule has 11 aromatic rings. The van der Waals surface area contributed by atoms with Crippen LogP contribution in [0.25, 0.3) is 88.3 Å². The van der Waals surface area contributed by atoms with Crippen LogP contribution in [0.3, 0.4) is 0 Å². The van der Waals surface area contributed by atoms with Gasteiger partial charge in [-0.25, -0.2) is 0 Å². The minimum atomic E-state index is -0.0975. The van der Waals surface area contributed by atoms with Gasteiger partial charge in [-0.05, 0) is 115 Å². The minimum absolute atomic E-state index is 0.0975. The van der Waals surface area contributed by atoms with Crippen molar-refractivity contribution in [2.24, 2.45) is 0 Å². The lowest BCUT2D eigenvalue weighted by Crippen LogP contribution is -2.15. The summed E-state index contributed by atoms with van der Waals surface area (Å²) in [6, 6.07) is 81.9. The lowest BCUT2D eigenvalue weighted by molar-refractivity contribution is 0.660. The van der Waals surface area contributed by atoms with Gasteiger partial charge in [0.1, 0.15) is 11.2 Å². The highest BCUT2D eigenvalue weighted by Crippen LogP contribution is 2.52. The highest BCUT2D eigenvalue weighted by molar-refractivity contribution is 6.10. The predicted molar refractivity (Wildman–Crippen MR) is 265 cm³/mol. The first-order chi connectivity index (χ1) is 31.0. The smallest absolute Gasteiger partial charge is 0.135 e. The second-order valence-electron chi connectivity index (χ2n) is 17.2. The first-order valence-electron chi connectivity index (χ1n) is 21.8. The molecular formula is C61H43NO. The molecule has 0 radical (unpaired) electrons. The van der Waals surface area contributed by atoms with E-state index in [9.17, 15) is 0 Å². The molecule has 0 atom stereocenters. The van der Waals surface area contributed by atoms with Gasteiger partial charge in [-0.1, -0.05) is 190 Å². The maximum atomic E-state index is 6.34. The zero-order valence-corrected chi connectivity index (χ0v) is 35.2. The summed E-state index contributed by atoms with van der Waals surface area (Å²) in [5.74, 6) is 0. The van der Waals surface area contributed by atoms with Crippen LogP contribution >= 0.6 is 0 Å². The van der Waals surface area contributed by atoms with E-state index in [0.717, 1.165) is 66.8 Å². The Morgan fingerprint density at radius 2 is 0.952 bits per heavy atom. The molecule has 0 unspecified atom stereocenters. The van der Waals surface area contributed by atoms with E-state index in [-0.39, 0.29) is 5.41 Å². The second kappa shape index (κ2) is 14.6. The van der Waals surface area contributed by atoms with Crippen molar-refractivity contribution < 1.29 is 4.42 Å². The Morgan fingerprint density at radius 3 is 1.86 bits per heavy atom. The molecular weight excluding hydrogens is 763 g/mol. The van der Waals surface area contributed by atoms with E-state index in [1.165, 1.54) is 49.7 Å². The molecule has 0 aliphatic heterocycles. The zero-order chi connectivity index (χ0) is 42.1. The number of hydrogen-bond donors (Lipinski definition) is 0. The molecule has 12 rings (SSSR count). The first kappa shape index (κ1) is 36.9. The van der Waals surface area contributed by atoms with Crippen LogP contribution in [-0.4, -0.2) is 0 Å². The van der Waals surface area contributed by atoms with E-state index < -0.39 is 0 Å². The SMILES string of the molecule is CC1(C)c2ccccc2-c2ccc(-c3cccc(N(c4ccccc4-c4ccccc4)c4cccc(-c5ccc6oc7ccccc7c6c5)c4-c4cccc5ccccc45)c3)cc21. The van der Waals surface area contributed by atoms with E-state index in [0.29, 0.717) is 0 Å². The Labute approximate surface area is 368 Å².